The molecule has 1 amide bonds. The minimum absolute atomic E-state index is 0.0460. The van der Waals surface area contributed by atoms with Crippen LogP contribution in [0.25, 0.3) is 0 Å². The van der Waals surface area contributed by atoms with Crippen molar-refractivity contribution in [2.45, 2.75) is 18.6 Å². The number of phenolic OH excluding ortho intramolecular Hbond substituents is 1. The number of anilines is 1. The fourth-order valence-corrected chi connectivity index (χ4v) is 3.33. The average Bonchev–Trinajstić information content (AvgIpc) is 2.75. The monoisotopic (exact) mass is 471 g/mol. The number of carbonyl (C=O) groups is 1. The van der Waals surface area contributed by atoms with Gasteiger partial charge in [0.2, 0.25) is 0 Å². The molecule has 2 atom stereocenters. The number of hydrogen-bond donors (Lipinski definition) is 3. The van der Waals surface area contributed by atoms with Crippen LogP contribution in [-0.4, -0.2) is 29.0 Å². The molecular formula is C23H22BrNO5. The third-order valence-electron chi connectivity index (χ3n) is 4.33. The highest BCUT2D eigenvalue weighted by molar-refractivity contribution is 9.10. The van der Waals surface area contributed by atoms with Crippen LogP contribution in [0.2, 0.25) is 0 Å². The lowest BCUT2D eigenvalue weighted by Gasteiger charge is -2.28. The molecule has 0 saturated heterocycles. The molecule has 6 nitrogen and oxygen atoms in total. The van der Waals surface area contributed by atoms with Crippen LogP contribution in [0.3, 0.4) is 0 Å². The van der Waals surface area contributed by atoms with Crippen LogP contribution in [0.5, 0.6) is 11.5 Å². The standard InChI is InChI=1S/C23H22BrNO5/c24-16-11-12-20(27)19(15-16)22(30-23(28)25-17-7-3-1-4-8-17)21(13-14-26)29-18-9-5-2-6-10-18/h1-12,15,21-22,26-27H,13-14H2,(H,25,28)/t21-,22-/m0/s1. The van der Waals surface area contributed by atoms with Crippen LogP contribution in [0.15, 0.2) is 83.3 Å². The number of rotatable bonds is 8. The molecule has 0 aliphatic carbocycles. The highest BCUT2D eigenvalue weighted by Crippen LogP contribution is 2.35. The number of amides is 1. The molecule has 0 unspecified atom stereocenters. The zero-order valence-electron chi connectivity index (χ0n) is 16.1. The zero-order chi connectivity index (χ0) is 21.3. The summed E-state index contributed by atoms with van der Waals surface area (Å²) < 4.78 is 12.4. The van der Waals surface area contributed by atoms with Gasteiger partial charge in [0.05, 0.1) is 0 Å². The first-order chi connectivity index (χ1) is 14.6. The van der Waals surface area contributed by atoms with Gasteiger partial charge in [0.25, 0.3) is 0 Å². The van der Waals surface area contributed by atoms with Crippen LogP contribution in [-0.2, 0) is 4.74 Å². The Kier molecular flexibility index (Phi) is 7.70. The third kappa shape index (κ3) is 5.98. The number of carbonyl (C=O) groups excluding carboxylic acids is 1. The van der Waals surface area contributed by atoms with E-state index >= 15 is 0 Å². The van der Waals surface area contributed by atoms with Gasteiger partial charge in [-0.3, -0.25) is 5.32 Å². The molecule has 0 spiro atoms. The average molecular weight is 472 g/mol. The first kappa shape index (κ1) is 21.7. The first-order valence-electron chi connectivity index (χ1n) is 9.40. The summed E-state index contributed by atoms with van der Waals surface area (Å²) in [6.45, 7) is -0.188. The summed E-state index contributed by atoms with van der Waals surface area (Å²) in [5, 5.41) is 22.7. The molecule has 0 aliphatic heterocycles. The number of phenols is 1. The van der Waals surface area contributed by atoms with Gasteiger partial charge >= 0.3 is 6.09 Å². The molecule has 3 rings (SSSR count). The molecule has 7 heteroatoms. The number of ether oxygens (including phenoxy) is 2. The molecule has 0 radical (unpaired) electrons. The molecular weight excluding hydrogens is 450 g/mol. The van der Waals surface area contributed by atoms with Gasteiger partial charge in [-0.25, -0.2) is 4.79 Å². The number of aliphatic hydroxyl groups excluding tert-OH is 1. The Bertz CT molecular complexity index is 952. The molecule has 0 saturated carbocycles. The van der Waals surface area contributed by atoms with E-state index in [0.29, 0.717) is 21.5 Å². The smallest absolute Gasteiger partial charge is 0.412 e. The van der Waals surface area contributed by atoms with E-state index < -0.39 is 18.3 Å². The highest BCUT2D eigenvalue weighted by Gasteiger charge is 2.31. The summed E-state index contributed by atoms with van der Waals surface area (Å²) in [7, 11) is 0. The van der Waals surface area contributed by atoms with Crippen molar-refractivity contribution < 1.29 is 24.5 Å². The van der Waals surface area contributed by atoms with Gasteiger partial charge in [-0.2, -0.15) is 0 Å². The van der Waals surface area contributed by atoms with Crippen molar-refractivity contribution in [1.29, 1.82) is 0 Å². The Morgan fingerprint density at radius 3 is 2.33 bits per heavy atom. The second-order valence-electron chi connectivity index (χ2n) is 6.50. The summed E-state index contributed by atoms with van der Waals surface area (Å²) in [6.07, 6.45) is -2.23. The van der Waals surface area contributed by atoms with Crippen LogP contribution in [0, 0.1) is 0 Å². The highest BCUT2D eigenvalue weighted by atomic mass is 79.9. The summed E-state index contributed by atoms with van der Waals surface area (Å²) in [5.74, 6) is 0.512. The van der Waals surface area contributed by atoms with Gasteiger partial charge in [-0.1, -0.05) is 52.3 Å². The van der Waals surface area contributed by atoms with Crippen molar-refractivity contribution >= 4 is 27.7 Å². The van der Waals surface area contributed by atoms with E-state index in [0.717, 1.165) is 0 Å². The Morgan fingerprint density at radius 2 is 1.67 bits per heavy atom. The lowest BCUT2D eigenvalue weighted by molar-refractivity contribution is 0.00797. The first-order valence-corrected chi connectivity index (χ1v) is 10.2. The van der Waals surface area contributed by atoms with Crippen molar-refractivity contribution in [3.8, 4) is 11.5 Å². The SMILES string of the molecule is O=C(Nc1ccccc1)O[C@@H](c1cc(Br)ccc1O)[C@H](CCO)Oc1ccccc1. The Balaban J connectivity index is 1.90. The van der Waals surface area contributed by atoms with Crippen molar-refractivity contribution in [2.75, 3.05) is 11.9 Å². The van der Waals surface area contributed by atoms with Crippen LogP contribution in [0.1, 0.15) is 18.1 Å². The molecule has 3 N–H and O–H groups in total. The lowest BCUT2D eigenvalue weighted by Crippen LogP contribution is -2.32. The second-order valence-corrected chi connectivity index (χ2v) is 7.42. The number of hydrogen-bond acceptors (Lipinski definition) is 5. The summed E-state index contributed by atoms with van der Waals surface area (Å²) in [4.78, 5) is 12.6. The maximum absolute atomic E-state index is 12.6. The van der Waals surface area contributed by atoms with Crippen LogP contribution >= 0.6 is 15.9 Å². The van der Waals surface area contributed by atoms with Crippen LogP contribution < -0.4 is 10.1 Å². The largest absolute Gasteiger partial charge is 0.508 e. The van der Waals surface area contributed by atoms with Gasteiger partial charge in [-0.05, 0) is 42.5 Å². The summed E-state index contributed by atoms with van der Waals surface area (Å²) in [6, 6.07) is 22.8. The van der Waals surface area contributed by atoms with Crippen molar-refractivity contribution in [3.63, 3.8) is 0 Å². The number of aliphatic hydroxyl groups is 1. The minimum Gasteiger partial charge on any atom is -0.508 e. The molecule has 0 fully saturated rings. The Labute approximate surface area is 183 Å². The molecule has 3 aromatic rings. The molecule has 3 aromatic carbocycles. The third-order valence-corrected chi connectivity index (χ3v) is 4.83. The Hall–Kier alpha value is -3.03. The molecule has 156 valence electrons. The number of benzene rings is 3. The molecule has 0 heterocycles. The summed E-state index contributed by atoms with van der Waals surface area (Å²) >= 11 is 3.38. The quantitative estimate of drug-likeness (QED) is 0.416. The maximum atomic E-state index is 12.6. The van der Waals surface area contributed by atoms with Gasteiger partial charge < -0.3 is 19.7 Å². The Morgan fingerprint density at radius 1 is 1.00 bits per heavy atom. The lowest BCUT2D eigenvalue weighted by atomic mass is 10.0. The molecule has 0 aromatic heterocycles. The number of halogens is 1. The molecule has 0 bridgehead atoms. The number of para-hydroxylation sites is 2. The summed E-state index contributed by atoms with van der Waals surface area (Å²) in [5.41, 5.74) is 0.935. The van der Waals surface area contributed by atoms with Crippen molar-refractivity contribution in [3.05, 3.63) is 88.9 Å². The van der Waals surface area contributed by atoms with E-state index in [4.69, 9.17) is 9.47 Å². The van der Waals surface area contributed by atoms with Gasteiger partial charge in [0, 0.05) is 28.8 Å². The predicted octanol–water partition coefficient (Wildman–Crippen LogP) is 5.27. The zero-order valence-corrected chi connectivity index (χ0v) is 17.7. The van der Waals surface area contributed by atoms with E-state index in [9.17, 15) is 15.0 Å². The van der Waals surface area contributed by atoms with E-state index in [1.807, 2.05) is 24.3 Å². The van der Waals surface area contributed by atoms with E-state index in [-0.39, 0.29) is 18.8 Å². The predicted molar refractivity (Wildman–Crippen MR) is 118 cm³/mol. The maximum Gasteiger partial charge on any atom is 0.412 e. The normalized spacial score (nSPS) is 12.6. The fraction of sp³-hybridized carbons (Fsp3) is 0.174. The van der Waals surface area contributed by atoms with Crippen molar-refractivity contribution in [1.82, 2.24) is 0 Å². The van der Waals surface area contributed by atoms with E-state index in [2.05, 4.69) is 21.2 Å². The number of nitrogens with one attached hydrogen (secondary N) is 1. The minimum atomic E-state index is -0.974. The van der Waals surface area contributed by atoms with E-state index in [1.165, 1.54) is 6.07 Å². The number of aromatic hydroxyl groups is 1. The second kappa shape index (κ2) is 10.7. The van der Waals surface area contributed by atoms with Gasteiger partial charge in [-0.15, -0.1) is 0 Å². The van der Waals surface area contributed by atoms with Gasteiger partial charge in [0.15, 0.2) is 6.10 Å². The van der Waals surface area contributed by atoms with Crippen molar-refractivity contribution in [2.24, 2.45) is 0 Å². The molecule has 0 aliphatic rings. The fourth-order valence-electron chi connectivity index (χ4n) is 2.95. The van der Waals surface area contributed by atoms with Gasteiger partial charge in [0.1, 0.15) is 17.6 Å². The van der Waals surface area contributed by atoms with E-state index in [1.54, 1.807) is 48.5 Å². The molecule has 30 heavy (non-hydrogen) atoms. The topological polar surface area (TPSA) is 88.0 Å². The van der Waals surface area contributed by atoms with Crippen LogP contribution in [0.4, 0.5) is 10.5 Å².